The summed E-state index contributed by atoms with van der Waals surface area (Å²) in [5, 5.41) is 43.0. The summed E-state index contributed by atoms with van der Waals surface area (Å²) < 4.78 is 10.3. The highest BCUT2D eigenvalue weighted by Crippen LogP contribution is 2.28. The van der Waals surface area contributed by atoms with Crippen LogP contribution >= 0.6 is 0 Å². The fraction of sp³-hybridized carbons (Fsp3) is 0.556. The van der Waals surface area contributed by atoms with Gasteiger partial charge in [0.1, 0.15) is 24.6 Å². The van der Waals surface area contributed by atoms with Crippen molar-refractivity contribution in [1.82, 2.24) is 14.7 Å². The third-order valence-corrected chi connectivity index (χ3v) is 3.13. The molecule has 0 bridgehead atoms. The van der Waals surface area contributed by atoms with Crippen molar-refractivity contribution in [3.63, 3.8) is 0 Å². The van der Waals surface area contributed by atoms with Crippen molar-refractivity contribution >= 4 is 11.2 Å². The number of nitrogens with zero attached hydrogens (tertiary/aromatic N) is 4. The first-order chi connectivity index (χ1) is 9.54. The molecule has 1 aliphatic rings. The molecule has 3 N–H and O–H groups in total. The largest absolute Gasteiger partial charge is 0.394 e. The summed E-state index contributed by atoms with van der Waals surface area (Å²) in [6, 6.07) is 0. The lowest BCUT2D eigenvalue weighted by Gasteiger charge is -2.16. The Bertz CT molecular complexity index is 697. The SMILES string of the molecule is O=c1c2c(ncn1[C@H]1O[C@@H](CO)[C@@H](O)[C@@H]1O)no[n+]2[O-]. The quantitative estimate of drug-likeness (QED) is 0.479. The Balaban J connectivity index is 2.09. The van der Waals surface area contributed by atoms with Crippen molar-refractivity contribution in [2.24, 2.45) is 0 Å². The summed E-state index contributed by atoms with van der Waals surface area (Å²) in [7, 11) is 0. The molecule has 0 unspecified atom stereocenters. The van der Waals surface area contributed by atoms with E-state index in [0.717, 1.165) is 10.9 Å². The number of aliphatic hydroxyl groups is 3. The van der Waals surface area contributed by atoms with E-state index in [2.05, 4.69) is 14.8 Å². The number of rotatable bonds is 2. The van der Waals surface area contributed by atoms with E-state index in [1.54, 1.807) is 0 Å². The fourth-order valence-corrected chi connectivity index (χ4v) is 2.08. The highest BCUT2D eigenvalue weighted by molar-refractivity contribution is 5.62. The fourth-order valence-electron chi connectivity index (χ4n) is 2.08. The van der Waals surface area contributed by atoms with Gasteiger partial charge in [0.15, 0.2) is 6.23 Å². The second kappa shape index (κ2) is 4.49. The molecule has 20 heavy (non-hydrogen) atoms. The molecule has 11 heteroatoms. The lowest BCUT2D eigenvalue weighted by atomic mass is 10.1. The molecule has 0 aliphatic carbocycles. The molecule has 4 atom stereocenters. The number of hydrogen-bond acceptors (Lipinski definition) is 9. The number of aliphatic hydroxyl groups excluding tert-OH is 3. The van der Waals surface area contributed by atoms with Crippen LogP contribution in [-0.4, -0.2) is 54.9 Å². The third kappa shape index (κ3) is 1.68. The van der Waals surface area contributed by atoms with Crippen LogP contribution in [-0.2, 0) is 4.74 Å². The van der Waals surface area contributed by atoms with E-state index in [0.29, 0.717) is 0 Å². The highest BCUT2D eigenvalue weighted by Gasteiger charge is 2.44. The predicted molar refractivity (Wildman–Crippen MR) is 58.0 cm³/mol. The average Bonchev–Trinajstić information content (AvgIpc) is 2.94. The zero-order valence-electron chi connectivity index (χ0n) is 9.86. The van der Waals surface area contributed by atoms with Gasteiger partial charge in [0.05, 0.1) is 11.8 Å². The van der Waals surface area contributed by atoms with Gasteiger partial charge >= 0.3 is 16.7 Å². The molecule has 3 rings (SSSR count). The van der Waals surface area contributed by atoms with Gasteiger partial charge in [-0.05, 0) is 4.90 Å². The van der Waals surface area contributed by atoms with Crippen LogP contribution in [0.1, 0.15) is 6.23 Å². The summed E-state index contributed by atoms with van der Waals surface area (Å²) in [6.45, 7) is -0.534. The first-order valence-corrected chi connectivity index (χ1v) is 5.63. The lowest BCUT2D eigenvalue weighted by molar-refractivity contribution is -0.782. The van der Waals surface area contributed by atoms with Crippen molar-refractivity contribution in [1.29, 1.82) is 0 Å². The maximum Gasteiger partial charge on any atom is 0.347 e. The Hall–Kier alpha value is -2.08. The summed E-state index contributed by atoms with van der Waals surface area (Å²) in [5.74, 6) is 0. The molecule has 2 aromatic heterocycles. The van der Waals surface area contributed by atoms with E-state index in [1.165, 1.54) is 0 Å². The highest BCUT2D eigenvalue weighted by atomic mass is 16.8. The minimum absolute atomic E-state index is 0.109. The van der Waals surface area contributed by atoms with E-state index >= 15 is 0 Å². The molecular formula is C9H10N4O7. The second-order valence-electron chi connectivity index (χ2n) is 4.29. The van der Waals surface area contributed by atoms with Gasteiger partial charge in [0.25, 0.3) is 0 Å². The molecule has 2 aromatic rings. The molecule has 0 aromatic carbocycles. The molecule has 108 valence electrons. The first kappa shape index (κ1) is 12.9. The molecule has 0 spiro atoms. The Labute approximate surface area is 109 Å². The van der Waals surface area contributed by atoms with E-state index in [1.807, 2.05) is 0 Å². The first-order valence-electron chi connectivity index (χ1n) is 5.63. The van der Waals surface area contributed by atoms with E-state index in [4.69, 9.17) is 9.84 Å². The summed E-state index contributed by atoms with van der Waals surface area (Å²) in [5.41, 5.74) is -1.49. The van der Waals surface area contributed by atoms with Crippen LogP contribution < -0.4 is 10.5 Å². The van der Waals surface area contributed by atoms with Crippen LogP contribution in [0.25, 0.3) is 11.2 Å². The van der Waals surface area contributed by atoms with Crippen LogP contribution in [0.15, 0.2) is 15.8 Å². The van der Waals surface area contributed by atoms with Crippen molar-refractivity contribution < 1.29 is 29.6 Å². The lowest BCUT2D eigenvalue weighted by Crippen LogP contribution is -2.38. The summed E-state index contributed by atoms with van der Waals surface area (Å²) in [6.07, 6.45) is -4.13. The van der Waals surface area contributed by atoms with E-state index in [9.17, 15) is 20.2 Å². The standard InChI is InChI=1S/C9H10N4O7/c14-1-3-5(15)6(16)9(19-3)12-2-10-7-4(8(12)17)13(18)20-11-7/h2-3,5-6,9,14-16H,1H2/t3-,5+,6-,9-/m0/s1. The van der Waals surface area contributed by atoms with Crippen LogP contribution in [0.4, 0.5) is 0 Å². The number of ether oxygens (including phenoxy) is 1. The van der Waals surface area contributed by atoms with Crippen molar-refractivity contribution in [3.05, 3.63) is 21.9 Å². The second-order valence-corrected chi connectivity index (χ2v) is 4.29. The zero-order chi connectivity index (χ0) is 14.4. The maximum absolute atomic E-state index is 12.1. The van der Waals surface area contributed by atoms with Crippen LogP contribution in [0, 0.1) is 5.21 Å². The number of hydrogen-bond donors (Lipinski definition) is 3. The van der Waals surface area contributed by atoms with Gasteiger partial charge in [0.2, 0.25) is 0 Å². The maximum atomic E-state index is 12.1. The van der Waals surface area contributed by atoms with E-state index in [-0.39, 0.29) is 10.6 Å². The zero-order valence-corrected chi connectivity index (χ0v) is 9.86. The van der Waals surface area contributed by atoms with Crippen LogP contribution in [0.2, 0.25) is 0 Å². The smallest absolute Gasteiger partial charge is 0.347 e. The van der Waals surface area contributed by atoms with Gasteiger partial charge < -0.3 is 25.3 Å². The molecule has 1 fully saturated rings. The van der Waals surface area contributed by atoms with Gasteiger partial charge in [-0.2, -0.15) is 4.98 Å². The summed E-state index contributed by atoms with van der Waals surface area (Å²) in [4.78, 5) is 15.7. The Morgan fingerprint density at radius 1 is 1.45 bits per heavy atom. The van der Waals surface area contributed by atoms with Crippen molar-refractivity contribution in [2.45, 2.75) is 24.5 Å². The molecule has 1 saturated heterocycles. The number of aromatic nitrogens is 4. The van der Waals surface area contributed by atoms with Crippen LogP contribution in [0.5, 0.6) is 0 Å². The van der Waals surface area contributed by atoms with Gasteiger partial charge in [-0.3, -0.25) is 14.0 Å². The Kier molecular flexibility index (Phi) is 2.90. The van der Waals surface area contributed by atoms with Gasteiger partial charge in [-0.25, -0.2) is 0 Å². The van der Waals surface area contributed by atoms with Crippen molar-refractivity contribution in [2.75, 3.05) is 6.61 Å². The molecule has 11 nitrogen and oxygen atoms in total. The molecule has 1 aliphatic heterocycles. The Morgan fingerprint density at radius 3 is 2.85 bits per heavy atom. The van der Waals surface area contributed by atoms with Crippen molar-refractivity contribution in [3.8, 4) is 0 Å². The normalized spacial score (nSPS) is 30.1. The Morgan fingerprint density at radius 2 is 2.20 bits per heavy atom. The topological polar surface area (TPSA) is 158 Å². The molecule has 3 heterocycles. The summed E-state index contributed by atoms with van der Waals surface area (Å²) >= 11 is 0. The monoisotopic (exact) mass is 286 g/mol. The average molecular weight is 286 g/mol. The predicted octanol–water partition coefficient (Wildman–Crippen LogP) is -3.37. The molecular weight excluding hydrogens is 276 g/mol. The minimum atomic E-state index is -1.45. The van der Waals surface area contributed by atoms with Gasteiger partial charge in [-0.1, -0.05) is 0 Å². The van der Waals surface area contributed by atoms with Gasteiger partial charge in [-0.15, -0.1) is 0 Å². The third-order valence-electron chi connectivity index (χ3n) is 3.13. The number of fused-ring (bicyclic) bond motifs is 1. The van der Waals surface area contributed by atoms with Gasteiger partial charge in [0, 0.05) is 0 Å². The molecule has 0 radical (unpaired) electrons. The molecule has 0 amide bonds. The molecule has 0 saturated carbocycles. The minimum Gasteiger partial charge on any atom is -0.394 e. The van der Waals surface area contributed by atoms with Crippen LogP contribution in [0.3, 0.4) is 0 Å². The van der Waals surface area contributed by atoms with E-state index < -0.39 is 42.2 Å².